The number of methoxy groups -OCH3 is 1. The second-order valence-corrected chi connectivity index (χ2v) is 3.44. The molecule has 1 amide bonds. The minimum absolute atomic E-state index is 0.0893. The topological polar surface area (TPSA) is 103 Å². The van der Waals surface area contributed by atoms with E-state index in [9.17, 15) is 4.79 Å². The van der Waals surface area contributed by atoms with Crippen molar-refractivity contribution in [2.24, 2.45) is 10.7 Å². The Morgan fingerprint density at radius 2 is 2.33 bits per heavy atom. The van der Waals surface area contributed by atoms with Crippen molar-refractivity contribution in [1.82, 2.24) is 10.3 Å². The molecule has 1 heterocycles. The normalized spacial score (nSPS) is 11.7. The molecule has 0 unspecified atom stereocenters. The summed E-state index contributed by atoms with van der Waals surface area (Å²) in [5, 5.41) is 2.34. The molecule has 7 heteroatoms. The fraction of sp³-hybridized carbons (Fsp3) is 0.182. The number of aliphatic imine (C=N–C) groups is 1. The highest BCUT2D eigenvalue weighted by Gasteiger charge is 2.06. The van der Waals surface area contributed by atoms with Gasteiger partial charge in [-0.3, -0.25) is 10.1 Å². The molecule has 0 saturated heterocycles. The molecule has 0 atom stereocenters. The molecule has 1 aromatic carbocycles. The smallest absolute Gasteiger partial charge is 0.325 e. The van der Waals surface area contributed by atoms with Gasteiger partial charge in [0.15, 0.2) is 5.58 Å². The first-order chi connectivity index (χ1) is 8.69. The van der Waals surface area contributed by atoms with Crippen LogP contribution < -0.4 is 11.1 Å². The average Bonchev–Trinajstić information content (AvgIpc) is 2.70. The molecular formula is C11H12N4O3. The summed E-state index contributed by atoms with van der Waals surface area (Å²) in [7, 11) is 1.41. The Morgan fingerprint density at radius 1 is 1.56 bits per heavy atom. The third-order valence-corrected chi connectivity index (χ3v) is 2.04. The molecule has 0 saturated carbocycles. The number of benzene rings is 1. The lowest BCUT2D eigenvalue weighted by Crippen LogP contribution is -2.38. The summed E-state index contributed by atoms with van der Waals surface area (Å²) in [4.78, 5) is 19.1. The third-order valence-electron chi connectivity index (χ3n) is 2.04. The van der Waals surface area contributed by atoms with Gasteiger partial charge >= 0.3 is 6.01 Å². The highest BCUT2D eigenvalue weighted by atomic mass is 16.5. The highest BCUT2D eigenvalue weighted by Crippen LogP contribution is 2.19. The number of fused-ring (bicyclic) bond motifs is 1. The lowest BCUT2D eigenvalue weighted by atomic mass is 10.3. The predicted octanol–water partition coefficient (Wildman–Crippen LogP) is 0.537. The number of carbonyl (C=O) groups is 1. The van der Waals surface area contributed by atoms with Gasteiger partial charge in [-0.1, -0.05) is 12.1 Å². The SMILES string of the molecule is COCC(=O)NC(N)=Nc1nc2ccccc2o1. The number of hydrogen-bond donors (Lipinski definition) is 2. The molecule has 94 valence electrons. The number of oxazole rings is 1. The molecule has 3 N–H and O–H groups in total. The van der Waals surface area contributed by atoms with Crippen LogP contribution in [0.2, 0.25) is 0 Å². The van der Waals surface area contributed by atoms with Gasteiger partial charge in [0.2, 0.25) is 5.96 Å². The first-order valence-electron chi connectivity index (χ1n) is 5.17. The van der Waals surface area contributed by atoms with Gasteiger partial charge < -0.3 is 14.9 Å². The van der Waals surface area contributed by atoms with E-state index in [1.54, 1.807) is 12.1 Å². The van der Waals surface area contributed by atoms with Gasteiger partial charge in [0.1, 0.15) is 12.1 Å². The van der Waals surface area contributed by atoms with E-state index in [0.717, 1.165) is 0 Å². The van der Waals surface area contributed by atoms with Gasteiger partial charge in [0, 0.05) is 7.11 Å². The number of aromatic nitrogens is 1. The number of rotatable bonds is 3. The van der Waals surface area contributed by atoms with Crippen LogP contribution in [0.15, 0.2) is 33.7 Å². The second-order valence-electron chi connectivity index (χ2n) is 3.44. The van der Waals surface area contributed by atoms with E-state index in [0.29, 0.717) is 11.1 Å². The van der Waals surface area contributed by atoms with Gasteiger partial charge in [-0.2, -0.15) is 9.98 Å². The van der Waals surface area contributed by atoms with E-state index in [4.69, 9.17) is 10.2 Å². The maximum atomic E-state index is 11.2. The molecule has 0 aliphatic heterocycles. The molecule has 2 rings (SSSR count). The molecule has 2 aromatic rings. The Morgan fingerprint density at radius 3 is 3.06 bits per heavy atom. The number of nitrogens with one attached hydrogen (secondary N) is 1. The van der Waals surface area contributed by atoms with Crippen LogP contribution in [0, 0.1) is 0 Å². The number of para-hydroxylation sites is 2. The lowest BCUT2D eigenvalue weighted by molar-refractivity contribution is -0.123. The van der Waals surface area contributed by atoms with Gasteiger partial charge in [-0.05, 0) is 12.1 Å². The van der Waals surface area contributed by atoms with Crippen molar-refractivity contribution >= 4 is 29.0 Å². The molecule has 0 aliphatic carbocycles. The molecule has 0 bridgehead atoms. The number of carbonyl (C=O) groups excluding carboxylic acids is 1. The molecule has 0 radical (unpaired) electrons. The summed E-state index contributed by atoms with van der Waals surface area (Å²) >= 11 is 0. The average molecular weight is 248 g/mol. The number of ether oxygens (including phenoxy) is 1. The van der Waals surface area contributed by atoms with Crippen LogP contribution in [-0.2, 0) is 9.53 Å². The van der Waals surface area contributed by atoms with Crippen molar-refractivity contribution in [3.05, 3.63) is 24.3 Å². The lowest BCUT2D eigenvalue weighted by Gasteiger charge is -2.01. The van der Waals surface area contributed by atoms with Gasteiger partial charge in [0.05, 0.1) is 0 Å². The van der Waals surface area contributed by atoms with E-state index >= 15 is 0 Å². The Labute approximate surface area is 103 Å². The van der Waals surface area contributed by atoms with E-state index in [1.165, 1.54) is 7.11 Å². The molecular weight excluding hydrogens is 236 g/mol. The molecule has 0 fully saturated rings. The quantitative estimate of drug-likeness (QED) is 0.609. The standard InChI is InChI=1S/C11H12N4O3/c1-17-6-9(16)14-10(12)15-11-13-7-4-2-3-5-8(7)18-11/h2-5H,6H2,1H3,(H3,12,13,14,15,16). The minimum atomic E-state index is -0.394. The maximum absolute atomic E-state index is 11.2. The van der Waals surface area contributed by atoms with Crippen LogP contribution in [0.1, 0.15) is 0 Å². The molecule has 0 spiro atoms. The summed E-state index contributed by atoms with van der Waals surface area (Å²) in [6, 6.07) is 7.30. The number of amides is 1. The van der Waals surface area contributed by atoms with E-state index in [2.05, 4.69) is 20.0 Å². The summed E-state index contributed by atoms with van der Waals surface area (Å²) < 4.78 is 9.96. The zero-order valence-corrected chi connectivity index (χ0v) is 9.71. The van der Waals surface area contributed by atoms with Gasteiger partial charge in [-0.15, -0.1) is 0 Å². The molecule has 7 nitrogen and oxygen atoms in total. The Hall–Kier alpha value is -2.41. The van der Waals surface area contributed by atoms with Crippen molar-refractivity contribution in [3.8, 4) is 0 Å². The number of nitrogens with two attached hydrogens (primary N) is 1. The third kappa shape index (κ3) is 2.83. The van der Waals surface area contributed by atoms with Crippen molar-refractivity contribution in [2.45, 2.75) is 0 Å². The zero-order chi connectivity index (χ0) is 13.0. The summed E-state index contributed by atoms with van der Waals surface area (Å²) in [6.45, 7) is -0.0935. The summed E-state index contributed by atoms with van der Waals surface area (Å²) in [5.41, 5.74) is 6.80. The van der Waals surface area contributed by atoms with Crippen molar-refractivity contribution < 1.29 is 13.9 Å². The highest BCUT2D eigenvalue weighted by molar-refractivity contribution is 5.97. The summed E-state index contributed by atoms with van der Waals surface area (Å²) in [5.74, 6) is -0.488. The summed E-state index contributed by atoms with van der Waals surface area (Å²) in [6.07, 6.45) is 0. The van der Waals surface area contributed by atoms with Crippen molar-refractivity contribution in [3.63, 3.8) is 0 Å². The molecule has 1 aromatic heterocycles. The first-order valence-corrected chi connectivity index (χ1v) is 5.17. The van der Waals surface area contributed by atoms with Gasteiger partial charge in [-0.25, -0.2) is 0 Å². The van der Waals surface area contributed by atoms with Crippen LogP contribution in [0.4, 0.5) is 6.01 Å². The Bertz CT molecular complexity index is 558. The second kappa shape index (κ2) is 5.28. The zero-order valence-electron chi connectivity index (χ0n) is 9.71. The largest absolute Gasteiger partial charge is 0.422 e. The van der Waals surface area contributed by atoms with E-state index in [-0.39, 0.29) is 18.6 Å². The van der Waals surface area contributed by atoms with Gasteiger partial charge in [0.25, 0.3) is 5.91 Å². The van der Waals surface area contributed by atoms with Crippen LogP contribution in [-0.4, -0.2) is 30.6 Å². The fourth-order valence-corrected chi connectivity index (χ4v) is 1.35. The van der Waals surface area contributed by atoms with E-state index < -0.39 is 5.91 Å². The molecule has 18 heavy (non-hydrogen) atoms. The first kappa shape index (κ1) is 12.1. The van der Waals surface area contributed by atoms with Crippen LogP contribution >= 0.6 is 0 Å². The number of hydrogen-bond acceptors (Lipinski definition) is 5. The monoisotopic (exact) mass is 248 g/mol. The van der Waals surface area contributed by atoms with Crippen LogP contribution in [0.25, 0.3) is 11.1 Å². The van der Waals surface area contributed by atoms with Crippen molar-refractivity contribution in [1.29, 1.82) is 0 Å². The number of nitrogens with zero attached hydrogens (tertiary/aromatic N) is 2. The predicted molar refractivity (Wildman–Crippen MR) is 65.3 cm³/mol. The molecule has 0 aliphatic rings. The van der Waals surface area contributed by atoms with E-state index in [1.807, 2.05) is 12.1 Å². The Balaban J connectivity index is 2.14. The number of guanidine groups is 1. The van der Waals surface area contributed by atoms with Crippen molar-refractivity contribution in [2.75, 3.05) is 13.7 Å². The fourth-order valence-electron chi connectivity index (χ4n) is 1.35. The maximum Gasteiger partial charge on any atom is 0.325 e. The Kier molecular flexibility index (Phi) is 3.54. The minimum Gasteiger partial charge on any atom is -0.422 e. The van der Waals surface area contributed by atoms with Crippen LogP contribution in [0.3, 0.4) is 0 Å². The van der Waals surface area contributed by atoms with Crippen LogP contribution in [0.5, 0.6) is 0 Å².